The molecule has 0 saturated heterocycles. The highest BCUT2D eigenvalue weighted by atomic mass is 16.5. The Morgan fingerprint density at radius 1 is 1.43 bits per heavy atom. The van der Waals surface area contributed by atoms with Crippen LogP contribution in [0.4, 0.5) is 0 Å². The number of carbonyl (C=O) groups excluding carboxylic acids is 1. The predicted octanol–water partition coefficient (Wildman–Crippen LogP) is 2.74. The van der Waals surface area contributed by atoms with Gasteiger partial charge in [-0.2, -0.15) is 0 Å². The number of rotatable bonds is 3. The molecule has 2 nitrogen and oxygen atoms in total. The summed E-state index contributed by atoms with van der Waals surface area (Å²) in [6.07, 6.45) is 1.77. The Labute approximate surface area is 84.2 Å². The van der Waals surface area contributed by atoms with Gasteiger partial charge in [-0.15, -0.1) is 6.58 Å². The number of hydrogen-bond donors (Lipinski definition) is 0. The molecule has 73 valence electrons. The van der Waals surface area contributed by atoms with Crippen LogP contribution in [0.5, 0.6) is 5.75 Å². The van der Waals surface area contributed by atoms with Crippen molar-refractivity contribution in [2.45, 2.75) is 13.8 Å². The maximum absolute atomic E-state index is 10.7. The minimum absolute atomic E-state index is 0.307. The van der Waals surface area contributed by atoms with Crippen LogP contribution in [0.25, 0.3) is 0 Å². The van der Waals surface area contributed by atoms with Crippen molar-refractivity contribution in [2.24, 2.45) is 0 Å². The number of esters is 1. The number of benzene rings is 1. The number of allylic oxidation sites excluding steroid dienone is 1. The van der Waals surface area contributed by atoms with Gasteiger partial charge in [0, 0.05) is 12.8 Å². The summed E-state index contributed by atoms with van der Waals surface area (Å²) in [6, 6.07) is 7.37. The van der Waals surface area contributed by atoms with Crippen LogP contribution in [0.2, 0.25) is 0 Å². The van der Waals surface area contributed by atoms with Gasteiger partial charge in [0.05, 0.1) is 0 Å². The van der Waals surface area contributed by atoms with Crippen molar-refractivity contribution in [1.29, 1.82) is 0 Å². The van der Waals surface area contributed by atoms with Gasteiger partial charge in [-0.1, -0.05) is 25.1 Å². The van der Waals surface area contributed by atoms with Crippen molar-refractivity contribution in [1.82, 2.24) is 0 Å². The molecular formula is C12H13O2. The molecule has 0 amide bonds. The van der Waals surface area contributed by atoms with Gasteiger partial charge >= 0.3 is 5.97 Å². The van der Waals surface area contributed by atoms with Crippen molar-refractivity contribution in [3.63, 3.8) is 0 Å². The van der Waals surface area contributed by atoms with Gasteiger partial charge in [-0.3, -0.25) is 4.79 Å². The van der Waals surface area contributed by atoms with E-state index in [1.165, 1.54) is 6.92 Å². The van der Waals surface area contributed by atoms with E-state index in [1.807, 2.05) is 25.1 Å². The van der Waals surface area contributed by atoms with E-state index in [0.29, 0.717) is 5.75 Å². The molecule has 0 N–H and O–H groups in total. The summed E-state index contributed by atoms with van der Waals surface area (Å²) in [5, 5.41) is 0. The molecule has 1 rings (SSSR count). The minimum atomic E-state index is -0.307. The van der Waals surface area contributed by atoms with Crippen LogP contribution < -0.4 is 4.74 Å². The van der Waals surface area contributed by atoms with Crippen molar-refractivity contribution in [3.8, 4) is 5.75 Å². The lowest BCUT2D eigenvalue weighted by atomic mass is 10.0. The second-order valence-corrected chi connectivity index (χ2v) is 3.01. The standard InChI is InChI=1S/C12H13O2/c1-4-9(2)11-6-5-7-12(8-11)14-10(3)13/h4-8H,1H2,2-3H3. The first-order valence-corrected chi connectivity index (χ1v) is 4.38. The summed E-state index contributed by atoms with van der Waals surface area (Å²) >= 11 is 0. The average Bonchev–Trinajstić information content (AvgIpc) is 2.16. The summed E-state index contributed by atoms with van der Waals surface area (Å²) < 4.78 is 4.96. The van der Waals surface area contributed by atoms with E-state index >= 15 is 0 Å². The molecule has 0 saturated carbocycles. The molecule has 0 fully saturated rings. The number of hydrogen-bond acceptors (Lipinski definition) is 2. The monoisotopic (exact) mass is 189 g/mol. The Kier molecular flexibility index (Phi) is 3.46. The second kappa shape index (κ2) is 4.61. The maximum atomic E-state index is 10.7. The van der Waals surface area contributed by atoms with Crippen LogP contribution in [-0.4, -0.2) is 5.97 Å². The van der Waals surface area contributed by atoms with E-state index in [0.717, 1.165) is 11.5 Å². The van der Waals surface area contributed by atoms with Crippen LogP contribution in [0, 0.1) is 5.92 Å². The first-order chi connectivity index (χ1) is 6.63. The maximum Gasteiger partial charge on any atom is 0.308 e. The van der Waals surface area contributed by atoms with E-state index < -0.39 is 0 Å². The lowest BCUT2D eigenvalue weighted by Crippen LogP contribution is -2.02. The van der Waals surface area contributed by atoms with Gasteiger partial charge in [0.2, 0.25) is 0 Å². The van der Waals surface area contributed by atoms with E-state index in [4.69, 9.17) is 4.74 Å². The fourth-order valence-corrected chi connectivity index (χ4v) is 1.09. The highest BCUT2D eigenvalue weighted by molar-refractivity contribution is 5.69. The Balaban J connectivity index is 2.88. The summed E-state index contributed by atoms with van der Waals surface area (Å²) in [4.78, 5) is 10.7. The summed E-state index contributed by atoms with van der Waals surface area (Å²) in [7, 11) is 0. The fourth-order valence-electron chi connectivity index (χ4n) is 1.09. The lowest BCUT2D eigenvalue weighted by Gasteiger charge is -2.07. The smallest absolute Gasteiger partial charge is 0.308 e. The molecule has 0 bridgehead atoms. The van der Waals surface area contributed by atoms with Gasteiger partial charge in [0.25, 0.3) is 0 Å². The fraction of sp³-hybridized carbons (Fsp3) is 0.167. The van der Waals surface area contributed by atoms with Crippen molar-refractivity contribution in [2.75, 3.05) is 0 Å². The predicted molar refractivity (Wildman–Crippen MR) is 56.0 cm³/mol. The molecule has 2 heteroatoms. The molecule has 0 unspecified atom stereocenters. The van der Waals surface area contributed by atoms with Gasteiger partial charge in [-0.25, -0.2) is 0 Å². The molecule has 0 heterocycles. The van der Waals surface area contributed by atoms with Crippen LogP contribution >= 0.6 is 0 Å². The first-order valence-electron chi connectivity index (χ1n) is 4.38. The van der Waals surface area contributed by atoms with Crippen molar-refractivity contribution < 1.29 is 9.53 Å². The third-order valence-corrected chi connectivity index (χ3v) is 1.86. The molecular weight excluding hydrogens is 176 g/mol. The zero-order valence-electron chi connectivity index (χ0n) is 8.41. The van der Waals surface area contributed by atoms with Crippen molar-refractivity contribution >= 4 is 5.97 Å². The Morgan fingerprint density at radius 2 is 2.14 bits per heavy atom. The van der Waals surface area contributed by atoms with E-state index in [2.05, 4.69) is 6.58 Å². The Morgan fingerprint density at radius 3 is 2.71 bits per heavy atom. The molecule has 0 aromatic heterocycles. The molecule has 0 spiro atoms. The molecule has 14 heavy (non-hydrogen) atoms. The molecule has 0 atom stereocenters. The Hall–Kier alpha value is -1.57. The average molecular weight is 189 g/mol. The Bertz CT molecular complexity index is 342. The van der Waals surface area contributed by atoms with Crippen LogP contribution in [0.15, 0.2) is 36.9 Å². The molecule has 1 radical (unpaired) electrons. The number of carbonyl (C=O) groups is 1. The molecule has 1 aromatic carbocycles. The third-order valence-electron chi connectivity index (χ3n) is 1.86. The zero-order chi connectivity index (χ0) is 10.6. The van der Waals surface area contributed by atoms with Gasteiger partial charge in [0.15, 0.2) is 0 Å². The zero-order valence-corrected chi connectivity index (χ0v) is 8.41. The topological polar surface area (TPSA) is 26.3 Å². The molecule has 0 aliphatic heterocycles. The van der Waals surface area contributed by atoms with Gasteiger partial charge in [0.1, 0.15) is 5.75 Å². The van der Waals surface area contributed by atoms with Crippen LogP contribution in [-0.2, 0) is 4.79 Å². The van der Waals surface area contributed by atoms with Crippen molar-refractivity contribution in [3.05, 3.63) is 48.4 Å². The number of ether oxygens (including phenoxy) is 1. The van der Waals surface area contributed by atoms with Crippen LogP contribution in [0.3, 0.4) is 0 Å². The van der Waals surface area contributed by atoms with Gasteiger partial charge < -0.3 is 4.74 Å². The molecule has 0 aliphatic carbocycles. The largest absolute Gasteiger partial charge is 0.427 e. The summed E-state index contributed by atoms with van der Waals surface area (Å²) in [5.41, 5.74) is 1.01. The van der Waals surface area contributed by atoms with E-state index in [1.54, 1.807) is 12.1 Å². The van der Waals surface area contributed by atoms with E-state index in [9.17, 15) is 4.79 Å². The summed E-state index contributed by atoms with van der Waals surface area (Å²) in [5.74, 6) is 1.31. The first kappa shape index (κ1) is 10.5. The lowest BCUT2D eigenvalue weighted by molar-refractivity contribution is -0.131. The highest BCUT2D eigenvalue weighted by Gasteiger charge is 2.04. The second-order valence-electron chi connectivity index (χ2n) is 3.01. The highest BCUT2D eigenvalue weighted by Crippen LogP contribution is 2.20. The van der Waals surface area contributed by atoms with Gasteiger partial charge in [-0.05, 0) is 17.7 Å². The molecule has 0 aliphatic rings. The normalized spacial score (nSPS) is 9.93. The SMILES string of the molecule is C=C[C](C)c1cccc(OC(C)=O)c1. The minimum Gasteiger partial charge on any atom is -0.427 e. The summed E-state index contributed by atoms with van der Waals surface area (Å²) in [6.45, 7) is 7.03. The third kappa shape index (κ3) is 2.73. The van der Waals surface area contributed by atoms with Crippen LogP contribution in [0.1, 0.15) is 19.4 Å². The molecule has 1 aromatic rings. The van der Waals surface area contributed by atoms with E-state index in [-0.39, 0.29) is 5.97 Å². The quantitative estimate of drug-likeness (QED) is 0.540.